The normalized spacial score (nSPS) is 10.7. The van der Waals surface area contributed by atoms with Crippen LogP contribution < -0.4 is 5.73 Å². The highest BCUT2D eigenvalue weighted by molar-refractivity contribution is 5.94. The predicted molar refractivity (Wildman–Crippen MR) is 72.5 cm³/mol. The number of carbonyl (C=O) groups is 4. The summed E-state index contributed by atoms with van der Waals surface area (Å²) in [6, 6.07) is -2.15. The first-order valence-corrected chi connectivity index (χ1v) is 5.55. The van der Waals surface area contributed by atoms with Crippen LogP contribution in [0.25, 0.3) is 0 Å². The second-order valence-electron chi connectivity index (χ2n) is 3.49. The number of urea groups is 2. The lowest BCUT2D eigenvalue weighted by Gasteiger charge is -2.22. The zero-order valence-corrected chi connectivity index (χ0v) is 11.2. The number of hydrogen-bond donors (Lipinski definition) is 1. The highest BCUT2D eigenvalue weighted by atomic mass is 16.6. The standard InChI is InChI=1S/C12H15N3O6/c1-4-9(16)20-7-8(21-10(17)5-2)6-15(11(13)18)12(19)14-3/h4-5,8H,1-3,6-7H2,(H2,13,18). The third kappa shape index (κ3) is 6.66. The first-order valence-electron chi connectivity index (χ1n) is 5.55. The summed E-state index contributed by atoms with van der Waals surface area (Å²) in [5.41, 5.74) is 5.00. The lowest BCUT2D eigenvalue weighted by Crippen LogP contribution is -2.46. The van der Waals surface area contributed by atoms with E-state index in [0.29, 0.717) is 4.90 Å². The van der Waals surface area contributed by atoms with Gasteiger partial charge < -0.3 is 15.2 Å². The lowest BCUT2D eigenvalue weighted by molar-refractivity contribution is -0.153. The molecule has 0 spiro atoms. The van der Waals surface area contributed by atoms with Gasteiger partial charge in [-0.2, -0.15) is 0 Å². The minimum atomic E-state index is -1.14. The summed E-state index contributed by atoms with van der Waals surface area (Å²) in [5.74, 6) is -1.61. The molecule has 0 rings (SSSR count). The SMILES string of the molecule is C=CC(=O)OCC(CN(C(N)=O)C(=O)N=C)OC(=O)C=C. The third-order valence-corrected chi connectivity index (χ3v) is 2.05. The number of esters is 2. The molecule has 0 aromatic rings. The fourth-order valence-corrected chi connectivity index (χ4v) is 1.12. The molecular formula is C12H15N3O6. The van der Waals surface area contributed by atoms with Crippen LogP contribution in [0.2, 0.25) is 0 Å². The van der Waals surface area contributed by atoms with Gasteiger partial charge in [0, 0.05) is 12.2 Å². The first-order chi connectivity index (χ1) is 9.85. The molecule has 0 radical (unpaired) electrons. The van der Waals surface area contributed by atoms with Gasteiger partial charge in [-0.1, -0.05) is 13.2 Å². The Morgan fingerprint density at radius 1 is 1.19 bits per heavy atom. The molecule has 0 aliphatic rings. The van der Waals surface area contributed by atoms with Gasteiger partial charge in [0.25, 0.3) is 0 Å². The summed E-state index contributed by atoms with van der Waals surface area (Å²) in [6.07, 6.45) is 0.622. The fourth-order valence-electron chi connectivity index (χ4n) is 1.12. The van der Waals surface area contributed by atoms with Crippen molar-refractivity contribution in [2.24, 2.45) is 10.7 Å². The van der Waals surface area contributed by atoms with E-state index >= 15 is 0 Å². The zero-order valence-electron chi connectivity index (χ0n) is 11.2. The van der Waals surface area contributed by atoms with Crippen molar-refractivity contribution >= 4 is 30.7 Å². The van der Waals surface area contributed by atoms with E-state index in [2.05, 4.69) is 29.6 Å². The molecule has 0 saturated heterocycles. The molecule has 0 heterocycles. The summed E-state index contributed by atoms with van der Waals surface area (Å²) >= 11 is 0. The van der Waals surface area contributed by atoms with Gasteiger partial charge in [-0.25, -0.2) is 29.1 Å². The number of imide groups is 1. The molecule has 114 valence electrons. The summed E-state index contributed by atoms with van der Waals surface area (Å²) < 4.78 is 9.53. The van der Waals surface area contributed by atoms with E-state index in [1.165, 1.54) is 0 Å². The molecular weight excluding hydrogens is 282 g/mol. The van der Waals surface area contributed by atoms with Crippen LogP contribution in [0.1, 0.15) is 0 Å². The Bertz CT molecular complexity index is 474. The molecule has 1 unspecified atom stereocenters. The maximum atomic E-state index is 11.3. The minimum Gasteiger partial charge on any atom is -0.459 e. The van der Waals surface area contributed by atoms with Crippen molar-refractivity contribution in [3.63, 3.8) is 0 Å². The molecule has 9 heteroatoms. The van der Waals surface area contributed by atoms with Crippen molar-refractivity contribution in [1.29, 1.82) is 0 Å². The smallest absolute Gasteiger partial charge is 0.351 e. The Kier molecular flexibility index (Phi) is 7.74. The van der Waals surface area contributed by atoms with Crippen molar-refractivity contribution in [1.82, 2.24) is 4.90 Å². The minimum absolute atomic E-state index is 0.418. The topological polar surface area (TPSA) is 128 Å². The van der Waals surface area contributed by atoms with Crippen LogP contribution >= 0.6 is 0 Å². The quantitative estimate of drug-likeness (QED) is 0.400. The Hall–Kier alpha value is -2.97. The zero-order chi connectivity index (χ0) is 16.4. The summed E-state index contributed by atoms with van der Waals surface area (Å²) in [4.78, 5) is 48.1. The van der Waals surface area contributed by atoms with E-state index in [1.54, 1.807) is 0 Å². The molecule has 1 atom stereocenters. The van der Waals surface area contributed by atoms with Gasteiger partial charge >= 0.3 is 24.0 Å². The van der Waals surface area contributed by atoms with E-state index < -0.39 is 43.3 Å². The molecule has 2 N–H and O–H groups in total. The van der Waals surface area contributed by atoms with E-state index in [0.717, 1.165) is 12.2 Å². The molecule has 0 saturated carbocycles. The summed E-state index contributed by atoms with van der Waals surface area (Å²) in [6.45, 7) is 8.46. The van der Waals surface area contributed by atoms with Crippen LogP contribution in [0.3, 0.4) is 0 Å². The van der Waals surface area contributed by atoms with Gasteiger partial charge in [0.05, 0.1) is 6.54 Å². The molecule has 0 aliphatic heterocycles. The predicted octanol–water partition coefficient (Wildman–Crippen LogP) is 0.0147. The molecule has 0 aromatic carbocycles. The second kappa shape index (κ2) is 9.02. The van der Waals surface area contributed by atoms with E-state index in [-0.39, 0.29) is 0 Å². The average Bonchev–Trinajstić information content (AvgIpc) is 2.47. The van der Waals surface area contributed by atoms with Crippen LogP contribution in [-0.4, -0.2) is 54.9 Å². The highest BCUT2D eigenvalue weighted by Gasteiger charge is 2.25. The van der Waals surface area contributed by atoms with Gasteiger partial charge in [-0.05, 0) is 6.72 Å². The molecule has 21 heavy (non-hydrogen) atoms. The average molecular weight is 297 g/mol. The Morgan fingerprint density at radius 2 is 1.76 bits per heavy atom. The van der Waals surface area contributed by atoms with Crippen molar-refractivity contribution in [3.05, 3.63) is 25.3 Å². The number of nitrogens with two attached hydrogens (primary N) is 1. The Morgan fingerprint density at radius 3 is 2.19 bits per heavy atom. The fraction of sp³-hybridized carbons (Fsp3) is 0.250. The van der Waals surface area contributed by atoms with Crippen molar-refractivity contribution in [3.8, 4) is 0 Å². The molecule has 0 aliphatic carbocycles. The van der Waals surface area contributed by atoms with Gasteiger partial charge in [0.15, 0.2) is 6.10 Å². The second-order valence-corrected chi connectivity index (χ2v) is 3.49. The van der Waals surface area contributed by atoms with Crippen molar-refractivity contribution < 1.29 is 28.7 Å². The van der Waals surface area contributed by atoms with Crippen molar-refractivity contribution in [2.75, 3.05) is 13.2 Å². The molecule has 0 aromatic heterocycles. The summed E-state index contributed by atoms with van der Waals surface area (Å²) in [5, 5.41) is 0. The van der Waals surface area contributed by atoms with Crippen LogP contribution in [-0.2, 0) is 19.1 Å². The van der Waals surface area contributed by atoms with Crippen LogP contribution in [0, 0.1) is 0 Å². The number of aliphatic imine (C=N–C) groups is 1. The Balaban J connectivity index is 4.94. The molecule has 4 amide bonds. The number of nitrogens with zero attached hydrogens (tertiary/aromatic N) is 2. The van der Waals surface area contributed by atoms with E-state index in [4.69, 9.17) is 10.5 Å². The largest absolute Gasteiger partial charge is 0.459 e. The first kappa shape index (κ1) is 18.0. The van der Waals surface area contributed by atoms with Gasteiger partial charge in [-0.3, -0.25) is 0 Å². The number of amides is 4. The molecule has 0 bridgehead atoms. The van der Waals surface area contributed by atoms with Gasteiger partial charge in [-0.15, -0.1) is 0 Å². The van der Waals surface area contributed by atoms with Gasteiger partial charge in [0.1, 0.15) is 6.61 Å². The number of carbonyl (C=O) groups excluding carboxylic acids is 4. The Labute approximate surface area is 120 Å². The van der Waals surface area contributed by atoms with Crippen LogP contribution in [0.5, 0.6) is 0 Å². The maximum Gasteiger partial charge on any atom is 0.351 e. The van der Waals surface area contributed by atoms with Gasteiger partial charge in [0.2, 0.25) is 0 Å². The summed E-state index contributed by atoms with van der Waals surface area (Å²) in [7, 11) is 0. The van der Waals surface area contributed by atoms with Crippen LogP contribution in [0.15, 0.2) is 30.3 Å². The molecule has 0 fully saturated rings. The highest BCUT2D eigenvalue weighted by Crippen LogP contribution is 2.03. The van der Waals surface area contributed by atoms with Crippen molar-refractivity contribution in [2.45, 2.75) is 6.10 Å². The third-order valence-electron chi connectivity index (χ3n) is 2.05. The lowest BCUT2D eigenvalue weighted by atomic mass is 10.3. The van der Waals surface area contributed by atoms with Crippen LogP contribution in [0.4, 0.5) is 9.59 Å². The van der Waals surface area contributed by atoms with E-state index in [9.17, 15) is 19.2 Å². The number of ether oxygens (including phenoxy) is 2. The monoisotopic (exact) mass is 297 g/mol. The number of hydrogen-bond acceptors (Lipinski definition) is 6. The number of rotatable bonds is 7. The molecule has 9 nitrogen and oxygen atoms in total. The van der Waals surface area contributed by atoms with E-state index in [1.807, 2.05) is 0 Å². The maximum absolute atomic E-state index is 11.3. The number of primary amides is 1.